The third-order valence-corrected chi connectivity index (χ3v) is 4.53. The van der Waals surface area contributed by atoms with E-state index in [2.05, 4.69) is 10.3 Å². The standard InChI is InChI=1S/C9H18N4O2S/c1-7(2)16(14,15)5-4-13-6-9(8(3)10)11-12-13/h6-8H,4-5,10H2,1-3H3. The van der Waals surface area contributed by atoms with Gasteiger partial charge in [0, 0.05) is 6.04 Å². The van der Waals surface area contributed by atoms with Crippen molar-refractivity contribution < 1.29 is 8.42 Å². The minimum Gasteiger partial charge on any atom is -0.323 e. The summed E-state index contributed by atoms with van der Waals surface area (Å²) in [5.74, 6) is 0.0758. The Bertz CT molecular complexity index is 436. The molecule has 0 aliphatic rings. The molecular weight excluding hydrogens is 228 g/mol. The molecule has 1 rings (SSSR count). The summed E-state index contributed by atoms with van der Waals surface area (Å²) >= 11 is 0. The highest BCUT2D eigenvalue weighted by molar-refractivity contribution is 7.91. The Labute approximate surface area is 95.7 Å². The van der Waals surface area contributed by atoms with Crippen molar-refractivity contribution >= 4 is 9.84 Å². The van der Waals surface area contributed by atoms with Crippen molar-refractivity contribution in [3.05, 3.63) is 11.9 Å². The lowest BCUT2D eigenvalue weighted by atomic mass is 10.3. The van der Waals surface area contributed by atoms with Gasteiger partial charge in [0.1, 0.15) is 0 Å². The van der Waals surface area contributed by atoms with Crippen molar-refractivity contribution in [2.75, 3.05) is 5.75 Å². The maximum atomic E-state index is 11.6. The Kier molecular flexibility index (Phi) is 4.03. The SMILES string of the molecule is CC(N)c1cn(CCS(=O)(=O)C(C)C)nn1. The zero-order valence-corrected chi connectivity index (χ0v) is 10.6. The molecule has 2 N–H and O–H groups in total. The largest absolute Gasteiger partial charge is 0.323 e. The molecule has 0 spiro atoms. The number of aryl methyl sites for hydroxylation is 1. The smallest absolute Gasteiger partial charge is 0.154 e. The molecule has 0 fully saturated rings. The molecule has 0 amide bonds. The summed E-state index contributed by atoms with van der Waals surface area (Å²) < 4.78 is 24.6. The molecule has 16 heavy (non-hydrogen) atoms. The fourth-order valence-corrected chi connectivity index (χ4v) is 2.00. The van der Waals surface area contributed by atoms with E-state index in [0.29, 0.717) is 12.2 Å². The molecule has 0 radical (unpaired) electrons. The van der Waals surface area contributed by atoms with Crippen LogP contribution in [0.2, 0.25) is 0 Å². The normalized spacial score (nSPS) is 14.3. The van der Waals surface area contributed by atoms with Gasteiger partial charge in [0.15, 0.2) is 9.84 Å². The van der Waals surface area contributed by atoms with E-state index in [1.165, 1.54) is 4.68 Å². The number of rotatable bonds is 5. The Balaban J connectivity index is 2.62. The Hall–Kier alpha value is -0.950. The summed E-state index contributed by atoms with van der Waals surface area (Å²) in [6.45, 7) is 5.47. The van der Waals surface area contributed by atoms with E-state index in [9.17, 15) is 8.42 Å². The van der Waals surface area contributed by atoms with Crippen LogP contribution in [0.15, 0.2) is 6.20 Å². The maximum Gasteiger partial charge on any atom is 0.154 e. The molecular formula is C9H18N4O2S. The van der Waals surface area contributed by atoms with Crippen molar-refractivity contribution in [2.24, 2.45) is 5.73 Å². The van der Waals surface area contributed by atoms with Crippen molar-refractivity contribution in [2.45, 2.75) is 38.6 Å². The molecule has 0 aliphatic heterocycles. The van der Waals surface area contributed by atoms with Crippen LogP contribution in [0.5, 0.6) is 0 Å². The van der Waals surface area contributed by atoms with Crippen molar-refractivity contribution in [1.82, 2.24) is 15.0 Å². The molecule has 0 saturated heterocycles. The third kappa shape index (κ3) is 3.28. The van der Waals surface area contributed by atoms with Crippen LogP contribution >= 0.6 is 0 Å². The van der Waals surface area contributed by atoms with Gasteiger partial charge in [-0.15, -0.1) is 5.10 Å². The van der Waals surface area contributed by atoms with Gasteiger partial charge in [-0.1, -0.05) is 5.21 Å². The number of nitrogens with two attached hydrogens (primary N) is 1. The van der Waals surface area contributed by atoms with Gasteiger partial charge in [0.05, 0.1) is 29.4 Å². The van der Waals surface area contributed by atoms with E-state index in [1.54, 1.807) is 27.0 Å². The molecule has 0 aromatic carbocycles. The Morgan fingerprint density at radius 1 is 1.44 bits per heavy atom. The molecule has 92 valence electrons. The molecule has 6 nitrogen and oxygen atoms in total. The van der Waals surface area contributed by atoms with Crippen molar-refractivity contribution in [1.29, 1.82) is 0 Å². The van der Waals surface area contributed by atoms with Gasteiger partial charge in [0.2, 0.25) is 0 Å². The molecule has 1 unspecified atom stereocenters. The zero-order valence-electron chi connectivity index (χ0n) is 9.79. The number of hydrogen-bond acceptors (Lipinski definition) is 5. The predicted molar refractivity (Wildman–Crippen MR) is 61.5 cm³/mol. The van der Waals surface area contributed by atoms with E-state index < -0.39 is 9.84 Å². The maximum absolute atomic E-state index is 11.6. The molecule has 1 aromatic rings. The number of aromatic nitrogens is 3. The second kappa shape index (κ2) is 4.92. The molecule has 0 bridgehead atoms. The van der Waals surface area contributed by atoms with Gasteiger partial charge in [-0.2, -0.15) is 0 Å². The number of hydrogen-bond donors (Lipinski definition) is 1. The minimum absolute atomic E-state index is 0.0758. The minimum atomic E-state index is -3.03. The average Bonchev–Trinajstić information content (AvgIpc) is 2.63. The summed E-state index contributed by atoms with van der Waals surface area (Å²) in [6, 6.07) is -0.185. The monoisotopic (exact) mass is 246 g/mol. The summed E-state index contributed by atoms with van der Waals surface area (Å²) in [5, 5.41) is 7.32. The second-order valence-corrected chi connectivity index (χ2v) is 6.79. The lowest BCUT2D eigenvalue weighted by Gasteiger charge is -2.06. The van der Waals surface area contributed by atoms with Crippen molar-refractivity contribution in [3.63, 3.8) is 0 Å². The summed E-state index contributed by atoms with van der Waals surface area (Å²) in [7, 11) is -3.03. The van der Waals surface area contributed by atoms with E-state index in [4.69, 9.17) is 5.73 Å². The van der Waals surface area contributed by atoms with Gasteiger partial charge < -0.3 is 5.73 Å². The predicted octanol–water partition coefficient (Wildman–Crippen LogP) is 0.121. The van der Waals surface area contributed by atoms with Crippen LogP contribution in [0.1, 0.15) is 32.5 Å². The van der Waals surface area contributed by atoms with E-state index in [-0.39, 0.29) is 17.0 Å². The summed E-state index contributed by atoms with van der Waals surface area (Å²) in [5.41, 5.74) is 6.29. The summed E-state index contributed by atoms with van der Waals surface area (Å²) in [4.78, 5) is 0. The van der Waals surface area contributed by atoms with Gasteiger partial charge in [0.25, 0.3) is 0 Å². The lowest BCUT2D eigenvalue weighted by molar-refractivity contribution is 0.567. The molecule has 1 aromatic heterocycles. The first kappa shape index (κ1) is 13.1. The quantitative estimate of drug-likeness (QED) is 0.797. The third-order valence-electron chi connectivity index (χ3n) is 2.35. The highest BCUT2D eigenvalue weighted by atomic mass is 32.2. The van der Waals surface area contributed by atoms with Crippen LogP contribution in [-0.4, -0.2) is 34.4 Å². The van der Waals surface area contributed by atoms with Crippen LogP contribution in [-0.2, 0) is 16.4 Å². The molecule has 1 atom stereocenters. The Morgan fingerprint density at radius 3 is 2.50 bits per heavy atom. The highest BCUT2D eigenvalue weighted by Gasteiger charge is 2.16. The van der Waals surface area contributed by atoms with Crippen LogP contribution in [0.4, 0.5) is 0 Å². The first-order valence-electron chi connectivity index (χ1n) is 5.20. The topological polar surface area (TPSA) is 90.9 Å². The van der Waals surface area contributed by atoms with Gasteiger partial charge >= 0.3 is 0 Å². The van der Waals surface area contributed by atoms with Gasteiger partial charge in [-0.25, -0.2) is 8.42 Å². The molecule has 7 heteroatoms. The second-order valence-electron chi connectivity index (χ2n) is 4.11. The van der Waals surface area contributed by atoms with E-state index in [0.717, 1.165) is 0 Å². The highest BCUT2D eigenvalue weighted by Crippen LogP contribution is 2.05. The van der Waals surface area contributed by atoms with Gasteiger partial charge in [-0.05, 0) is 20.8 Å². The first-order valence-corrected chi connectivity index (χ1v) is 6.91. The van der Waals surface area contributed by atoms with Crippen LogP contribution in [0.3, 0.4) is 0 Å². The van der Waals surface area contributed by atoms with Crippen LogP contribution < -0.4 is 5.73 Å². The molecule has 0 saturated carbocycles. The fraction of sp³-hybridized carbons (Fsp3) is 0.778. The Morgan fingerprint density at radius 2 is 2.06 bits per heavy atom. The van der Waals surface area contributed by atoms with E-state index >= 15 is 0 Å². The molecule has 0 aliphatic carbocycles. The average molecular weight is 246 g/mol. The van der Waals surface area contributed by atoms with Crippen LogP contribution in [0, 0.1) is 0 Å². The van der Waals surface area contributed by atoms with Crippen LogP contribution in [0.25, 0.3) is 0 Å². The van der Waals surface area contributed by atoms with Gasteiger partial charge in [-0.3, -0.25) is 4.68 Å². The summed E-state index contributed by atoms with van der Waals surface area (Å²) in [6.07, 6.45) is 1.68. The first-order chi connectivity index (χ1) is 7.33. The lowest BCUT2D eigenvalue weighted by Crippen LogP contribution is -2.21. The van der Waals surface area contributed by atoms with E-state index in [1.807, 2.05) is 0 Å². The zero-order chi connectivity index (χ0) is 12.3. The number of nitrogens with zero attached hydrogens (tertiary/aromatic N) is 3. The fourth-order valence-electron chi connectivity index (χ4n) is 1.09. The van der Waals surface area contributed by atoms with Crippen molar-refractivity contribution in [3.8, 4) is 0 Å². The number of sulfone groups is 1. The molecule has 1 heterocycles.